The van der Waals surface area contributed by atoms with Gasteiger partial charge < -0.3 is 10.5 Å². The molecule has 0 aromatic heterocycles. The SMILES string of the molecule is Nc1cccc2c1CN(Cc1ccc3c(c1)CCO3)CC2. The first kappa shape index (κ1) is 12.7. The summed E-state index contributed by atoms with van der Waals surface area (Å²) in [4.78, 5) is 2.48. The molecule has 0 fully saturated rings. The van der Waals surface area contributed by atoms with Crippen LogP contribution in [0, 0.1) is 0 Å². The molecule has 2 heterocycles. The zero-order valence-electron chi connectivity index (χ0n) is 12.1. The van der Waals surface area contributed by atoms with Gasteiger partial charge in [-0.15, -0.1) is 0 Å². The van der Waals surface area contributed by atoms with Crippen molar-refractivity contribution >= 4 is 5.69 Å². The first-order chi connectivity index (χ1) is 10.3. The van der Waals surface area contributed by atoms with Gasteiger partial charge in [-0.3, -0.25) is 4.90 Å². The van der Waals surface area contributed by atoms with Gasteiger partial charge in [0.15, 0.2) is 0 Å². The summed E-state index contributed by atoms with van der Waals surface area (Å²) >= 11 is 0. The third kappa shape index (κ3) is 2.38. The number of nitrogen functional groups attached to an aromatic ring is 1. The number of fused-ring (bicyclic) bond motifs is 2. The van der Waals surface area contributed by atoms with Crippen LogP contribution in [-0.2, 0) is 25.9 Å². The Morgan fingerprint density at radius 3 is 3.00 bits per heavy atom. The van der Waals surface area contributed by atoms with E-state index in [9.17, 15) is 0 Å². The molecule has 3 nitrogen and oxygen atoms in total. The van der Waals surface area contributed by atoms with Crippen LogP contribution in [0.5, 0.6) is 5.75 Å². The van der Waals surface area contributed by atoms with Crippen molar-refractivity contribution in [1.82, 2.24) is 4.90 Å². The maximum Gasteiger partial charge on any atom is 0.122 e. The third-order valence-corrected chi connectivity index (χ3v) is 4.55. The summed E-state index contributed by atoms with van der Waals surface area (Å²) in [5.41, 5.74) is 12.5. The Bertz CT molecular complexity index is 681. The highest BCUT2D eigenvalue weighted by Crippen LogP contribution is 2.28. The Morgan fingerprint density at radius 2 is 2.05 bits per heavy atom. The summed E-state index contributed by atoms with van der Waals surface area (Å²) in [6.07, 6.45) is 2.13. The number of nitrogens with zero attached hydrogens (tertiary/aromatic N) is 1. The van der Waals surface area contributed by atoms with Crippen molar-refractivity contribution in [3.8, 4) is 5.75 Å². The van der Waals surface area contributed by atoms with Crippen LogP contribution in [-0.4, -0.2) is 18.1 Å². The van der Waals surface area contributed by atoms with E-state index < -0.39 is 0 Å². The Labute approximate surface area is 125 Å². The molecule has 0 aliphatic carbocycles. The van der Waals surface area contributed by atoms with Crippen molar-refractivity contribution in [2.75, 3.05) is 18.9 Å². The predicted molar refractivity (Wildman–Crippen MR) is 84.3 cm³/mol. The monoisotopic (exact) mass is 280 g/mol. The summed E-state index contributed by atoms with van der Waals surface area (Å²) in [6.45, 7) is 3.87. The van der Waals surface area contributed by atoms with Gasteiger partial charge in [0.25, 0.3) is 0 Å². The Hall–Kier alpha value is -2.00. The molecule has 2 aromatic rings. The van der Waals surface area contributed by atoms with Gasteiger partial charge >= 0.3 is 0 Å². The van der Waals surface area contributed by atoms with E-state index in [1.165, 1.54) is 22.3 Å². The van der Waals surface area contributed by atoms with Gasteiger partial charge in [0.2, 0.25) is 0 Å². The highest BCUT2D eigenvalue weighted by Gasteiger charge is 2.19. The van der Waals surface area contributed by atoms with E-state index in [1.54, 1.807) is 0 Å². The zero-order valence-corrected chi connectivity index (χ0v) is 12.1. The molecular formula is C18H20N2O. The maximum atomic E-state index is 6.13. The minimum absolute atomic E-state index is 0.826. The van der Waals surface area contributed by atoms with Gasteiger partial charge in [-0.1, -0.05) is 24.3 Å². The highest BCUT2D eigenvalue weighted by atomic mass is 16.5. The smallest absolute Gasteiger partial charge is 0.122 e. The first-order valence-electron chi connectivity index (χ1n) is 7.63. The van der Waals surface area contributed by atoms with Gasteiger partial charge in [0.05, 0.1) is 6.61 Å². The second-order valence-corrected chi connectivity index (χ2v) is 5.99. The second-order valence-electron chi connectivity index (χ2n) is 5.99. The summed E-state index contributed by atoms with van der Waals surface area (Å²) in [7, 11) is 0. The largest absolute Gasteiger partial charge is 0.493 e. The molecule has 2 aliphatic heterocycles. The molecule has 108 valence electrons. The number of hydrogen-bond donors (Lipinski definition) is 1. The lowest BCUT2D eigenvalue weighted by Crippen LogP contribution is -2.30. The highest BCUT2D eigenvalue weighted by molar-refractivity contribution is 5.51. The topological polar surface area (TPSA) is 38.5 Å². The van der Waals surface area contributed by atoms with Crippen LogP contribution in [0.15, 0.2) is 36.4 Å². The lowest BCUT2D eigenvalue weighted by Gasteiger charge is -2.29. The minimum atomic E-state index is 0.826. The molecule has 4 rings (SSSR count). The molecular weight excluding hydrogens is 260 g/mol. The number of benzene rings is 2. The Balaban J connectivity index is 1.53. The number of hydrogen-bond acceptors (Lipinski definition) is 3. The zero-order chi connectivity index (χ0) is 14.2. The molecule has 0 saturated carbocycles. The fraction of sp³-hybridized carbons (Fsp3) is 0.333. The standard InChI is InChI=1S/C18H20N2O/c19-17-3-1-2-14-6-8-20(12-16(14)17)11-13-4-5-18-15(10-13)7-9-21-18/h1-5,10H,6-9,11-12,19H2. The summed E-state index contributed by atoms with van der Waals surface area (Å²) in [5, 5.41) is 0. The predicted octanol–water partition coefficient (Wildman–Crippen LogP) is 2.76. The van der Waals surface area contributed by atoms with Crippen LogP contribution in [0.1, 0.15) is 22.3 Å². The average molecular weight is 280 g/mol. The normalized spacial score (nSPS) is 17.1. The van der Waals surface area contributed by atoms with Crippen molar-refractivity contribution in [3.05, 3.63) is 58.7 Å². The van der Waals surface area contributed by atoms with E-state index in [2.05, 4.69) is 35.2 Å². The average Bonchev–Trinajstić information content (AvgIpc) is 2.96. The van der Waals surface area contributed by atoms with Crippen molar-refractivity contribution in [2.24, 2.45) is 0 Å². The lowest BCUT2D eigenvalue weighted by atomic mass is 9.97. The molecule has 0 atom stereocenters. The first-order valence-corrected chi connectivity index (χ1v) is 7.63. The quantitative estimate of drug-likeness (QED) is 0.860. The van der Waals surface area contributed by atoms with Crippen molar-refractivity contribution < 1.29 is 4.74 Å². The van der Waals surface area contributed by atoms with Gasteiger partial charge in [0, 0.05) is 31.7 Å². The van der Waals surface area contributed by atoms with E-state index in [-0.39, 0.29) is 0 Å². The van der Waals surface area contributed by atoms with Crippen LogP contribution in [0.3, 0.4) is 0 Å². The number of rotatable bonds is 2. The van der Waals surface area contributed by atoms with E-state index in [4.69, 9.17) is 10.5 Å². The number of anilines is 1. The van der Waals surface area contributed by atoms with Crippen LogP contribution >= 0.6 is 0 Å². The molecule has 2 N–H and O–H groups in total. The van der Waals surface area contributed by atoms with Gasteiger partial charge in [-0.2, -0.15) is 0 Å². The summed E-state index contributed by atoms with van der Waals surface area (Å²) < 4.78 is 5.58. The van der Waals surface area contributed by atoms with E-state index in [0.29, 0.717) is 0 Å². The summed E-state index contributed by atoms with van der Waals surface area (Å²) in [6, 6.07) is 12.9. The molecule has 0 amide bonds. The molecule has 21 heavy (non-hydrogen) atoms. The van der Waals surface area contributed by atoms with Gasteiger partial charge in [-0.05, 0) is 40.8 Å². The Kier molecular flexibility index (Phi) is 3.08. The molecule has 3 heteroatoms. The second kappa shape index (κ2) is 5.08. The van der Waals surface area contributed by atoms with E-state index >= 15 is 0 Å². The molecule has 0 spiro atoms. The molecule has 0 saturated heterocycles. The van der Waals surface area contributed by atoms with Crippen molar-refractivity contribution in [1.29, 1.82) is 0 Å². The van der Waals surface area contributed by atoms with Crippen LogP contribution < -0.4 is 10.5 Å². The Morgan fingerprint density at radius 1 is 1.10 bits per heavy atom. The third-order valence-electron chi connectivity index (χ3n) is 4.55. The summed E-state index contributed by atoms with van der Waals surface area (Å²) in [5.74, 6) is 1.06. The van der Waals surface area contributed by atoms with Crippen molar-refractivity contribution in [3.63, 3.8) is 0 Å². The van der Waals surface area contributed by atoms with Gasteiger partial charge in [0.1, 0.15) is 5.75 Å². The van der Waals surface area contributed by atoms with Crippen molar-refractivity contribution in [2.45, 2.75) is 25.9 Å². The molecule has 2 aromatic carbocycles. The molecule has 0 radical (unpaired) electrons. The fourth-order valence-electron chi connectivity index (χ4n) is 3.39. The molecule has 2 aliphatic rings. The van der Waals surface area contributed by atoms with E-state index in [0.717, 1.165) is 50.5 Å². The molecule has 0 bridgehead atoms. The molecule has 0 unspecified atom stereocenters. The van der Waals surface area contributed by atoms with Crippen LogP contribution in [0.25, 0.3) is 0 Å². The van der Waals surface area contributed by atoms with Gasteiger partial charge in [-0.25, -0.2) is 0 Å². The van der Waals surface area contributed by atoms with E-state index in [1.807, 2.05) is 6.07 Å². The fourth-order valence-corrected chi connectivity index (χ4v) is 3.39. The van der Waals surface area contributed by atoms with Crippen LogP contribution in [0.2, 0.25) is 0 Å². The number of ether oxygens (including phenoxy) is 1. The minimum Gasteiger partial charge on any atom is -0.493 e. The lowest BCUT2D eigenvalue weighted by molar-refractivity contribution is 0.246. The van der Waals surface area contributed by atoms with Crippen LogP contribution in [0.4, 0.5) is 5.69 Å². The number of nitrogens with two attached hydrogens (primary N) is 1. The maximum absolute atomic E-state index is 6.13.